The number of carbonyl (C=O) groups is 1. The molecule has 5 heteroatoms. The van der Waals surface area contributed by atoms with E-state index in [4.69, 9.17) is 17.0 Å². The zero-order chi connectivity index (χ0) is 14.8. The summed E-state index contributed by atoms with van der Waals surface area (Å²) in [6.45, 7) is 0. The first-order chi connectivity index (χ1) is 10.2. The number of nitrogens with zero attached hydrogens (tertiary/aromatic N) is 1. The lowest BCUT2D eigenvalue weighted by molar-refractivity contribution is -0.119. The predicted octanol–water partition coefficient (Wildman–Crippen LogP) is 2.66. The Morgan fingerprint density at radius 2 is 1.76 bits per heavy atom. The molecule has 0 bridgehead atoms. The summed E-state index contributed by atoms with van der Waals surface area (Å²) in [7, 11) is 1.61. The van der Waals surface area contributed by atoms with Gasteiger partial charge in [-0.1, -0.05) is 30.3 Å². The summed E-state index contributed by atoms with van der Waals surface area (Å²) >= 11 is 5.29. The largest absolute Gasteiger partial charge is 0.497 e. The third-order valence-electron chi connectivity index (χ3n) is 3.42. The molecule has 0 radical (unpaired) electrons. The highest BCUT2D eigenvalue weighted by atomic mass is 32.1. The second-order valence-corrected chi connectivity index (χ2v) is 5.06. The Morgan fingerprint density at radius 3 is 2.38 bits per heavy atom. The van der Waals surface area contributed by atoms with Crippen LogP contribution in [0.2, 0.25) is 0 Å². The van der Waals surface area contributed by atoms with Crippen molar-refractivity contribution in [1.29, 1.82) is 0 Å². The number of methoxy groups -OCH3 is 1. The predicted molar refractivity (Wildman–Crippen MR) is 85.4 cm³/mol. The van der Waals surface area contributed by atoms with Crippen LogP contribution < -0.4 is 15.0 Å². The molecule has 1 heterocycles. The molecular formula is C16H14N2O2S. The van der Waals surface area contributed by atoms with Crippen molar-refractivity contribution in [2.45, 2.75) is 6.04 Å². The molecule has 0 unspecified atom stereocenters. The molecule has 2 aromatic rings. The van der Waals surface area contributed by atoms with Crippen molar-refractivity contribution < 1.29 is 9.53 Å². The maximum absolute atomic E-state index is 12.3. The highest BCUT2D eigenvalue weighted by molar-refractivity contribution is 7.80. The normalized spacial score (nSPS) is 17.8. The number of hydrogen-bond acceptors (Lipinski definition) is 3. The lowest BCUT2D eigenvalue weighted by Gasteiger charge is -2.23. The van der Waals surface area contributed by atoms with Crippen LogP contribution in [-0.4, -0.2) is 18.1 Å². The maximum Gasteiger partial charge on any atom is 0.253 e. The molecule has 1 saturated heterocycles. The van der Waals surface area contributed by atoms with Gasteiger partial charge in [0.2, 0.25) is 0 Å². The number of hydrogen-bond donors (Lipinski definition) is 1. The number of anilines is 1. The average Bonchev–Trinajstić information content (AvgIpc) is 2.82. The van der Waals surface area contributed by atoms with Crippen LogP contribution in [0.5, 0.6) is 5.75 Å². The third-order valence-corrected chi connectivity index (χ3v) is 3.72. The maximum atomic E-state index is 12.3. The minimum atomic E-state index is -0.453. The van der Waals surface area contributed by atoms with E-state index in [0.29, 0.717) is 5.11 Å². The highest BCUT2D eigenvalue weighted by Gasteiger charge is 2.37. The number of carbonyl (C=O) groups excluding carboxylic acids is 1. The molecule has 21 heavy (non-hydrogen) atoms. The first-order valence-corrected chi connectivity index (χ1v) is 6.94. The molecule has 0 aliphatic carbocycles. The van der Waals surface area contributed by atoms with E-state index >= 15 is 0 Å². The molecule has 0 aromatic heterocycles. The lowest BCUT2D eigenvalue weighted by Crippen LogP contribution is -2.29. The Balaban J connectivity index is 2.01. The van der Waals surface area contributed by atoms with Gasteiger partial charge in [0, 0.05) is 5.69 Å². The van der Waals surface area contributed by atoms with E-state index in [0.717, 1.165) is 17.0 Å². The standard InChI is InChI=1S/C16H14N2O2S/c1-20-13-9-7-11(8-10-13)14-15(19)17-16(21)18(14)12-5-3-2-4-6-12/h2-10,14H,1H3,(H,17,19,21)/t14-/m1/s1. The van der Waals surface area contributed by atoms with Gasteiger partial charge < -0.3 is 15.0 Å². The summed E-state index contributed by atoms with van der Waals surface area (Å²) in [5.41, 5.74) is 1.76. The van der Waals surface area contributed by atoms with Crippen molar-refractivity contribution in [3.05, 3.63) is 60.2 Å². The Hall–Kier alpha value is -2.40. The fraction of sp³-hybridized carbons (Fsp3) is 0.125. The van der Waals surface area contributed by atoms with Crippen molar-refractivity contribution in [2.24, 2.45) is 0 Å². The Labute approximate surface area is 128 Å². The van der Waals surface area contributed by atoms with Gasteiger partial charge in [0.1, 0.15) is 11.8 Å². The van der Waals surface area contributed by atoms with Crippen molar-refractivity contribution in [1.82, 2.24) is 5.32 Å². The van der Waals surface area contributed by atoms with Crippen LogP contribution in [0.15, 0.2) is 54.6 Å². The van der Waals surface area contributed by atoms with Crippen molar-refractivity contribution in [2.75, 3.05) is 12.0 Å². The quantitative estimate of drug-likeness (QED) is 0.885. The monoisotopic (exact) mass is 298 g/mol. The fourth-order valence-corrected chi connectivity index (χ4v) is 2.72. The molecule has 0 spiro atoms. The Kier molecular flexibility index (Phi) is 3.58. The van der Waals surface area contributed by atoms with Crippen molar-refractivity contribution in [3.63, 3.8) is 0 Å². The van der Waals surface area contributed by atoms with Gasteiger partial charge in [0.15, 0.2) is 5.11 Å². The van der Waals surface area contributed by atoms with Gasteiger partial charge in [0.05, 0.1) is 7.11 Å². The van der Waals surface area contributed by atoms with Gasteiger partial charge in [-0.3, -0.25) is 4.79 Å². The van der Waals surface area contributed by atoms with Gasteiger partial charge in [-0.2, -0.15) is 0 Å². The number of para-hydroxylation sites is 1. The number of nitrogens with one attached hydrogen (secondary N) is 1. The minimum absolute atomic E-state index is 0.117. The zero-order valence-electron chi connectivity index (χ0n) is 11.4. The van der Waals surface area contributed by atoms with Crippen LogP contribution in [0.1, 0.15) is 11.6 Å². The van der Waals surface area contributed by atoms with Crippen molar-refractivity contribution >= 4 is 28.9 Å². The third kappa shape index (κ3) is 2.48. The number of amides is 1. The Bertz CT molecular complexity index is 670. The van der Waals surface area contributed by atoms with Gasteiger partial charge in [0.25, 0.3) is 5.91 Å². The summed E-state index contributed by atoms with van der Waals surface area (Å²) in [6, 6.07) is 16.6. The number of rotatable bonds is 3. The van der Waals surface area contributed by atoms with E-state index in [1.807, 2.05) is 59.5 Å². The SMILES string of the molecule is COc1ccc([C@@H]2C(=O)NC(=S)N2c2ccccc2)cc1. The van der Waals surface area contributed by atoms with Gasteiger partial charge in [-0.15, -0.1) is 0 Å². The molecular weight excluding hydrogens is 284 g/mol. The number of ether oxygens (including phenoxy) is 1. The summed E-state index contributed by atoms with van der Waals surface area (Å²) in [5, 5.41) is 3.15. The summed E-state index contributed by atoms with van der Waals surface area (Å²) in [5.74, 6) is 0.639. The summed E-state index contributed by atoms with van der Waals surface area (Å²) in [4.78, 5) is 14.1. The lowest BCUT2D eigenvalue weighted by atomic mass is 10.1. The van der Waals surface area contributed by atoms with E-state index < -0.39 is 6.04 Å². The number of benzene rings is 2. The zero-order valence-corrected chi connectivity index (χ0v) is 12.3. The summed E-state index contributed by atoms with van der Waals surface area (Å²) < 4.78 is 5.15. The molecule has 4 nitrogen and oxygen atoms in total. The summed E-state index contributed by atoms with van der Waals surface area (Å²) in [6.07, 6.45) is 0. The molecule has 1 atom stereocenters. The van der Waals surface area contributed by atoms with Crippen LogP contribution >= 0.6 is 12.2 Å². The second-order valence-electron chi connectivity index (χ2n) is 4.68. The minimum Gasteiger partial charge on any atom is -0.497 e. The van der Waals surface area contributed by atoms with E-state index in [9.17, 15) is 4.79 Å². The topological polar surface area (TPSA) is 41.6 Å². The smallest absolute Gasteiger partial charge is 0.253 e. The van der Waals surface area contributed by atoms with Crippen LogP contribution in [-0.2, 0) is 4.79 Å². The van der Waals surface area contributed by atoms with E-state index in [1.165, 1.54) is 0 Å². The molecule has 1 aliphatic rings. The van der Waals surface area contributed by atoms with Gasteiger partial charge in [-0.05, 0) is 42.0 Å². The first kappa shape index (κ1) is 13.6. The molecule has 1 N–H and O–H groups in total. The molecule has 2 aromatic carbocycles. The van der Waals surface area contributed by atoms with Crippen molar-refractivity contribution in [3.8, 4) is 5.75 Å². The molecule has 0 saturated carbocycles. The molecule has 1 fully saturated rings. The second kappa shape index (κ2) is 5.54. The first-order valence-electron chi connectivity index (χ1n) is 6.54. The Morgan fingerprint density at radius 1 is 1.10 bits per heavy atom. The van der Waals surface area contributed by atoms with Crippen LogP contribution in [0.4, 0.5) is 5.69 Å². The van der Waals surface area contributed by atoms with Crippen LogP contribution in [0.25, 0.3) is 0 Å². The molecule has 1 amide bonds. The van der Waals surface area contributed by atoms with E-state index in [1.54, 1.807) is 7.11 Å². The molecule has 106 valence electrons. The van der Waals surface area contributed by atoms with Crippen LogP contribution in [0, 0.1) is 0 Å². The highest BCUT2D eigenvalue weighted by Crippen LogP contribution is 2.32. The van der Waals surface area contributed by atoms with Crippen LogP contribution in [0.3, 0.4) is 0 Å². The van der Waals surface area contributed by atoms with Gasteiger partial charge >= 0.3 is 0 Å². The van der Waals surface area contributed by atoms with E-state index in [2.05, 4.69) is 5.32 Å². The van der Waals surface area contributed by atoms with E-state index in [-0.39, 0.29) is 5.91 Å². The average molecular weight is 298 g/mol. The molecule has 1 aliphatic heterocycles. The fourth-order valence-electron chi connectivity index (χ4n) is 2.41. The van der Waals surface area contributed by atoms with Gasteiger partial charge in [-0.25, -0.2) is 0 Å². The number of thiocarbonyl (C=S) groups is 1. The molecule has 3 rings (SSSR count).